The molecule has 0 radical (unpaired) electrons. The van der Waals surface area contributed by atoms with E-state index >= 15 is 0 Å². The second kappa shape index (κ2) is 5.66. The van der Waals surface area contributed by atoms with Crippen molar-refractivity contribution in [2.24, 2.45) is 0 Å². The molecule has 1 atom stereocenters. The lowest BCUT2D eigenvalue weighted by atomic mass is 10.4. The zero-order valence-corrected chi connectivity index (χ0v) is 10.8. The molecule has 0 aromatic heterocycles. The normalized spacial score (nSPS) is 15.6. The lowest BCUT2D eigenvalue weighted by Crippen LogP contribution is -2.53. The molecule has 0 aliphatic heterocycles. The number of benzene rings is 1. The molecule has 0 saturated carbocycles. The van der Waals surface area contributed by atoms with E-state index in [0.29, 0.717) is 11.2 Å². The molecule has 17 heavy (non-hydrogen) atoms. The maximum absolute atomic E-state index is 12.2. The van der Waals surface area contributed by atoms with Gasteiger partial charge in [0.2, 0.25) is 0 Å². The van der Waals surface area contributed by atoms with Crippen LogP contribution in [-0.4, -0.2) is 28.5 Å². The second-order valence-corrected chi connectivity index (χ2v) is 7.07. The van der Waals surface area contributed by atoms with Crippen molar-refractivity contribution in [3.8, 4) is 0 Å². The lowest BCUT2D eigenvalue weighted by Gasteiger charge is -2.28. The Bertz CT molecular complexity index is 336. The number of halogens is 3. The second-order valence-electron chi connectivity index (χ2n) is 3.58. The number of hydrogen-bond donors (Lipinski definition) is 0. The zero-order chi connectivity index (χ0) is 12.9. The first kappa shape index (κ1) is 14.2. The van der Waals surface area contributed by atoms with Gasteiger partial charge in [0.25, 0.3) is 0 Å². The fraction of sp³-hybridized carbons (Fsp3) is 0.455. The highest BCUT2D eigenvalue weighted by Gasteiger charge is 2.41. The molecular weight excluding hydrogens is 249 g/mol. The standard InChI is InChI=1S/C11H15F3O2Si/c1-3-17(15-2,16-9-11(12,13)14)10-7-5-4-6-8-10/h4-8H,3,9H2,1-2H3. The van der Waals surface area contributed by atoms with E-state index in [1.807, 2.05) is 0 Å². The molecule has 2 nitrogen and oxygen atoms in total. The van der Waals surface area contributed by atoms with E-state index in [9.17, 15) is 13.2 Å². The van der Waals surface area contributed by atoms with E-state index in [4.69, 9.17) is 8.85 Å². The molecule has 1 unspecified atom stereocenters. The minimum atomic E-state index is -4.33. The Kier molecular flexibility index (Phi) is 4.73. The highest BCUT2D eigenvalue weighted by molar-refractivity contribution is 6.81. The van der Waals surface area contributed by atoms with E-state index in [1.165, 1.54) is 7.11 Å². The topological polar surface area (TPSA) is 18.5 Å². The summed E-state index contributed by atoms with van der Waals surface area (Å²) in [6.07, 6.45) is -4.33. The van der Waals surface area contributed by atoms with Crippen molar-refractivity contribution in [2.45, 2.75) is 19.1 Å². The summed E-state index contributed by atoms with van der Waals surface area (Å²) in [7, 11) is -1.55. The Labute approximate surface area is 99.6 Å². The summed E-state index contributed by atoms with van der Waals surface area (Å²) in [5, 5.41) is 0.717. The summed E-state index contributed by atoms with van der Waals surface area (Å²) in [5.41, 5.74) is 0. The maximum atomic E-state index is 12.2. The Morgan fingerprint density at radius 1 is 1.18 bits per heavy atom. The van der Waals surface area contributed by atoms with Crippen LogP contribution in [-0.2, 0) is 8.85 Å². The summed E-state index contributed by atoms with van der Waals surface area (Å²) < 4.78 is 47.0. The first-order chi connectivity index (χ1) is 7.93. The van der Waals surface area contributed by atoms with E-state index < -0.39 is 21.3 Å². The third kappa shape index (κ3) is 3.83. The fourth-order valence-corrected chi connectivity index (χ4v) is 4.12. The predicted octanol–water partition coefficient (Wildman–Crippen LogP) is 2.58. The van der Waals surface area contributed by atoms with Gasteiger partial charge in [-0.05, 0) is 11.2 Å². The summed E-state index contributed by atoms with van der Waals surface area (Å²) in [6, 6.07) is 9.26. The molecule has 0 bridgehead atoms. The summed E-state index contributed by atoms with van der Waals surface area (Å²) in [6.45, 7) is 0.509. The van der Waals surface area contributed by atoms with Crippen LogP contribution in [0.3, 0.4) is 0 Å². The number of hydrogen-bond acceptors (Lipinski definition) is 2. The van der Waals surface area contributed by atoms with Gasteiger partial charge in [-0.3, -0.25) is 0 Å². The van der Waals surface area contributed by atoms with Crippen molar-refractivity contribution in [2.75, 3.05) is 13.7 Å². The zero-order valence-electron chi connectivity index (χ0n) is 9.75. The maximum Gasteiger partial charge on any atom is 0.410 e. The first-order valence-corrected chi connectivity index (χ1v) is 7.27. The van der Waals surface area contributed by atoms with Gasteiger partial charge >= 0.3 is 14.7 Å². The third-order valence-corrected chi connectivity index (χ3v) is 5.89. The van der Waals surface area contributed by atoms with Crippen LogP contribution in [0.25, 0.3) is 0 Å². The van der Waals surface area contributed by atoms with Crippen molar-refractivity contribution in [1.29, 1.82) is 0 Å². The molecule has 0 saturated heterocycles. The largest absolute Gasteiger partial charge is 0.410 e. The van der Waals surface area contributed by atoms with Gasteiger partial charge < -0.3 is 8.85 Å². The van der Waals surface area contributed by atoms with Crippen LogP contribution < -0.4 is 5.19 Å². The molecule has 0 aliphatic rings. The van der Waals surface area contributed by atoms with Crippen LogP contribution in [0.2, 0.25) is 6.04 Å². The molecule has 0 heterocycles. The number of rotatable bonds is 5. The van der Waals surface area contributed by atoms with Crippen molar-refractivity contribution in [3.63, 3.8) is 0 Å². The van der Waals surface area contributed by atoms with Crippen LogP contribution >= 0.6 is 0 Å². The van der Waals surface area contributed by atoms with Gasteiger partial charge in [-0.15, -0.1) is 0 Å². The van der Waals surface area contributed by atoms with Crippen molar-refractivity contribution in [3.05, 3.63) is 30.3 Å². The molecule has 0 amide bonds. The van der Waals surface area contributed by atoms with Gasteiger partial charge in [0.1, 0.15) is 6.61 Å². The molecule has 0 aliphatic carbocycles. The highest BCUT2D eigenvalue weighted by atomic mass is 28.4. The van der Waals surface area contributed by atoms with Crippen molar-refractivity contribution >= 4 is 13.7 Å². The van der Waals surface area contributed by atoms with E-state index in [1.54, 1.807) is 37.3 Å². The van der Waals surface area contributed by atoms with E-state index in [-0.39, 0.29) is 0 Å². The van der Waals surface area contributed by atoms with Gasteiger partial charge in [-0.2, -0.15) is 13.2 Å². The lowest BCUT2D eigenvalue weighted by molar-refractivity contribution is -0.158. The molecule has 0 spiro atoms. The molecule has 6 heteroatoms. The average molecular weight is 264 g/mol. The smallest absolute Gasteiger partial charge is 0.394 e. The van der Waals surface area contributed by atoms with Gasteiger partial charge in [-0.25, -0.2) is 0 Å². The highest BCUT2D eigenvalue weighted by Crippen LogP contribution is 2.20. The summed E-state index contributed by atoms with van der Waals surface area (Å²) in [4.78, 5) is 0. The van der Waals surface area contributed by atoms with Crippen LogP contribution in [0.1, 0.15) is 6.92 Å². The summed E-state index contributed by atoms with van der Waals surface area (Å²) in [5.74, 6) is 0. The summed E-state index contributed by atoms with van der Waals surface area (Å²) >= 11 is 0. The molecule has 1 aromatic carbocycles. The molecule has 0 fully saturated rings. The van der Waals surface area contributed by atoms with Gasteiger partial charge in [0.15, 0.2) is 0 Å². The predicted molar refractivity (Wildman–Crippen MR) is 61.3 cm³/mol. The van der Waals surface area contributed by atoms with Gasteiger partial charge in [0.05, 0.1) is 0 Å². The Balaban J connectivity index is 2.90. The van der Waals surface area contributed by atoms with E-state index in [2.05, 4.69) is 0 Å². The Morgan fingerprint density at radius 3 is 2.18 bits per heavy atom. The first-order valence-electron chi connectivity index (χ1n) is 5.25. The van der Waals surface area contributed by atoms with Crippen LogP contribution in [0, 0.1) is 0 Å². The molecule has 1 rings (SSSR count). The van der Waals surface area contributed by atoms with Gasteiger partial charge in [0, 0.05) is 7.11 Å². The molecule has 96 valence electrons. The average Bonchev–Trinajstić information content (AvgIpc) is 2.31. The molecule has 1 aromatic rings. The molecule has 0 N–H and O–H groups in total. The van der Waals surface area contributed by atoms with Crippen LogP contribution in [0.4, 0.5) is 13.2 Å². The van der Waals surface area contributed by atoms with Gasteiger partial charge in [-0.1, -0.05) is 37.3 Å². The SMILES string of the molecule is CC[Si](OC)(OCC(F)(F)F)c1ccccc1. The van der Waals surface area contributed by atoms with Crippen molar-refractivity contribution < 1.29 is 22.0 Å². The Hall–Kier alpha value is -0.853. The fourth-order valence-electron chi connectivity index (χ4n) is 1.60. The van der Waals surface area contributed by atoms with E-state index in [0.717, 1.165) is 0 Å². The van der Waals surface area contributed by atoms with Crippen molar-refractivity contribution in [1.82, 2.24) is 0 Å². The van der Waals surface area contributed by atoms with Crippen LogP contribution in [0.15, 0.2) is 30.3 Å². The number of alkyl halides is 3. The third-order valence-electron chi connectivity index (χ3n) is 2.48. The monoisotopic (exact) mass is 264 g/mol. The minimum absolute atomic E-state index is 0.434. The van der Waals surface area contributed by atoms with Crippen LogP contribution in [0.5, 0.6) is 0 Å². The minimum Gasteiger partial charge on any atom is -0.394 e. The quantitative estimate of drug-likeness (QED) is 0.761. The Morgan fingerprint density at radius 2 is 1.76 bits per heavy atom. The molecular formula is C11H15F3O2Si.